The molecule has 1 heterocycles. The summed E-state index contributed by atoms with van der Waals surface area (Å²) in [6.07, 6.45) is 5.80. The van der Waals surface area contributed by atoms with Gasteiger partial charge in [0, 0.05) is 17.3 Å². The maximum Gasteiger partial charge on any atom is 0.234 e. The van der Waals surface area contributed by atoms with Gasteiger partial charge in [-0.3, -0.25) is 9.36 Å². The minimum Gasteiger partial charge on any atom is -0.493 e. The molecule has 1 fully saturated rings. The summed E-state index contributed by atoms with van der Waals surface area (Å²) < 4.78 is 13.1. The Bertz CT molecular complexity index is 1050. The van der Waals surface area contributed by atoms with E-state index in [0.717, 1.165) is 35.1 Å². The average molecular weight is 453 g/mol. The molecule has 7 nitrogen and oxygen atoms in total. The van der Waals surface area contributed by atoms with Gasteiger partial charge in [0.15, 0.2) is 22.5 Å². The molecule has 2 aromatic carbocycles. The van der Waals surface area contributed by atoms with E-state index >= 15 is 0 Å². The zero-order valence-corrected chi connectivity index (χ0v) is 19.2. The molecular weight excluding hydrogens is 424 g/mol. The fraction of sp³-hybridized carbons (Fsp3) is 0.375. The van der Waals surface area contributed by atoms with Crippen LogP contribution >= 0.6 is 11.8 Å². The van der Waals surface area contributed by atoms with E-state index < -0.39 is 0 Å². The van der Waals surface area contributed by atoms with Crippen molar-refractivity contribution in [1.82, 2.24) is 14.8 Å². The normalized spacial score (nSPS) is 14.2. The van der Waals surface area contributed by atoms with Crippen LogP contribution in [0.3, 0.4) is 0 Å². The zero-order chi connectivity index (χ0) is 22.3. The van der Waals surface area contributed by atoms with E-state index in [1.165, 1.54) is 31.0 Å². The number of rotatable bonds is 8. The number of aromatic nitrogens is 3. The SMILES string of the molecule is COc1ccc(-c2nnc(SCC(=O)Nc3ccccc3)n2C2CCCCC2)cc1OC. The van der Waals surface area contributed by atoms with Gasteiger partial charge in [0.05, 0.1) is 20.0 Å². The maximum absolute atomic E-state index is 12.5. The smallest absolute Gasteiger partial charge is 0.234 e. The summed E-state index contributed by atoms with van der Waals surface area (Å²) in [4.78, 5) is 12.5. The molecule has 0 aliphatic heterocycles. The molecule has 0 atom stereocenters. The third-order valence-electron chi connectivity index (χ3n) is 5.64. The van der Waals surface area contributed by atoms with E-state index in [1.54, 1.807) is 14.2 Å². The van der Waals surface area contributed by atoms with E-state index in [1.807, 2.05) is 48.5 Å². The highest BCUT2D eigenvalue weighted by Gasteiger charge is 2.25. The van der Waals surface area contributed by atoms with Crippen molar-refractivity contribution < 1.29 is 14.3 Å². The van der Waals surface area contributed by atoms with E-state index in [4.69, 9.17) is 9.47 Å². The van der Waals surface area contributed by atoms with Gasteiger partial charge in [0.25, 0.3) is 0 Å². The number of para-hydroxylation sites is 1. The predicted molar refractivity (Wildman–Crippen MR) is 126 cm³/mol. The second-order valence-corrected chi connectivity index (χ2v) is 8.68. The number of anilines is 1. The van der Waals surface area contributed by atoms with Crippen molar-refractivity contribution in [3.8, 4) is 22.9 Å². The summed E-state index contributed by atoms with van der Waals surface area (Å²) in [5.74, 6) is 2.33. The molecule has 8 heteroatoms. The van der Waals surface area contributed by atoms with Crippen molar-refractivity contribution in [2.45, 2.75) is 43.3 Å². The van der Waals surface area contributed by atoms with Crippen molar-refractivity contribution in [3.05, 3.63) is 48.5 Å². The van der Waals surface area contributed by atoms with Crippen molar-refractivity contribution in [2.24, 2.45) is 0 Å². The molecule has 1 aliphatic carbocycles. The van der Waals surface area contributed by atoms with Crippen LogP contribution in [0, 0.1) is 0 Å². The molecule has 0 spiro atoms. The molecular formula is C24H28N4O3S. The minimum absolute atomic E-state index is 0.0629. The van der Waals surface area contributed by atoms with Crippen molar-refractivity contribution in [1.29, 1.82) is 0 Å². The van der Waals surface area contributed by atoms with Crippen LogP contribution in [0.5, 0.6) is 11.5 Å². The monoisotopic (exact) mass is 452 g/mol. The summed E-state index contributed by atoms with van der Waals surface area (Å²) in [5, 5.41) is 12.7. The van der Waals surface area contributed by atoms with Gasteiger partial charge in [-0.15, -0.1) is 10.2 Å². The first-order valence-electron chi connectivity index (χ1n) is 10.8. The molecule has 0 radical (unpaired) electrons. The lowest BCUT2D eigenvalue weighted by Gasteiger charge is -2.25. The summed E-state index contributed by atoms with van der Waals surface area (Å²) in [5.41, 5.74) is 1.71. The number of methoxy groups -OCH3 is 2. The van der Waals surface area contributed by atoms with Gasteiger partial charge in [-0.25, -0.2) is 0 Å². The van der Waals surface area contributed by atoms with Crippen LogP contribution in [0.1, 0.15) is 38.1 Å². The Labute approximate surface area is 192 Å². The van der Waals surface area contributed by atoms with E-state index in [-0.39, 0.29) is 11.7 Å². The van der Waals surface area contributed by atoms with Gasteiger partial charge in [-0.1, -0.05) is 49.2 Å². The van der Waals surface area contributed by atoms with Crippen LogP contribution in [0.25, 0.3) is 11.4 Å². The van der Waals surface area contributed by atoms with Gasteiger partial charge in [-0.2, -0.15) is 0 Å². The molecule has 1 saturated carbocycles. The molecule has 0 bridgehead atoms. The van der Waals surface area contributed by atoms with Gasteiger partial charge in [0.2, 0.25) is 5.91 Å². The number of amides is 1. The van der Waals surface area contributed by atoms with E-state index in [0.29, 0.717) is 17.5 Å². The van der Waals surface area contributed by atoms with Crippen molar-refractivity contribution >= 4 is 23.4 Å². The van der Waals surface area contributed by atoms with Crippen LogP contribution < -0.4 is 14.8 Å². The van der Waals surface area contributed by atoms with Crippen LogP contribution in [0.15, 0.2) is 53.7 Å². The third-order valence-corrected chi connectivity index (χ3v) is 6.58. The molecule has 1 N–H and O–H groups in total. The largest absolute Gasteiger partial charge is 0.493 e. The van der Waals surface area contributed by atoms with Gasteiger partial charge in [0.1, 0.15) is 0 Å². The summed E-state index contributed by atoms with van der Waals surface area (Å²) in [6, 6.07) is 15.6. The Balaban J connectivity index is 1.59. The quantitative estimate of drug-likeness (QED) is 0.474. The number of nitrogens with zero attached hydrogens (tertiary/aromatic N) is 3. The fourth-order valence-corrected chi connectivity index (χ4v) is 4.87. The number of carbonyl (C=O) groups is 1. The van der Waals surface area contributed by atoms with Crippen molar-refractivity contribution in [2.75, 3.05) is 25.3 Å². The zero-order valence-electron chi connectivity index (χ0n) is 18.4. The van der Waals surface area contributed by atoms with E-state index in [9.17, 15) is 4.79 Å². The van der Waals surface area contributed by atoms with Gasteiger partial charge in [-0.05, 0) is 43.2 Å². The standard InChI is InChI=1S/C24H28N4O3S/c1-30-20-14-13-17(15-21(20)31-2)23-26-27-24(28(23)19-11-7-4-8-12-19)32-16-22(29)25-18-9-5-3-6-10-18/h3,5-6,9-10,13-15,19H,4,7-8,11-12,16H2,1-2H3,(H,25,29). The Morgan fingerprint density at radius 1 is 1.03 bits per heavy atom. The van der Waals surface area contributed by atoms with Crippen LogP contribution in [0.4, 0.5) is 5.69 Å². The molecule has 1 aliphatic rings. The first kappa shape index (κ1) is 22.2. The topological polar surface area (TPSA) is 78.3 Å². The number of benzene rings is 2. The Morgan fingerprint density at radius 2 is 1.78 bits per heavy atom. The highest BCUT2D eigenvalue weighted by molar-refractivity contribution is 7.99. The van der Waals surface area contributed by atoms with Crippen LogP contribution in [-0.4, -0.2) is 40.6 Å². The predicted octanol–water partition coefficient (Wildman–Crippen LogP) is 5.20. The Hall–Kier alpha value is -3.00. The Kier molecular flexibility index (Phi) is 7.32. The fourth-order valence-electron chi connectivity index (χ4n) is 4.06. The maximum atomic E-state index is 12.5. The molecule has 168 valence electrons. The molecule has 3 aromatic rings. The number of carbonyl (C=O) groups excluding carboxylic acids is 1. The molecule has 4 rings (SSSR count). The number of ether oxygens (including phenoxy) is 2. The minimum atomic E-state index is -0.0629. The number of thioether (sulfide) groups is 1. The third kappa shape index (κ3) is 5.07. The number of nitrogens with one attached hydrogen (secondary N) is 1. The lowest BCUT2D eigenvalue weighted by molar-refractivity contribution is -0.113. The molecule has 1 amide bonds. The lowest BCUT2D eigenvalue weighted by atomic mass is 9.95. The van der Waals surface area contributed by atoms with Gasteiger partial charge < -0.3 is 14.8 Å². The van der Waals surface area contributed by atoms with Crippen LogP contribution in [0.2, 0.25) is 0 Å². The summed E-state index contributed by atoms with van der Waals surface area (Å²) in [6.45, 7) is 0. The average Bonchev–Trinajstić information content (AvgIpc) is 3.27. The second kappa shape index (κ2) is 10.5. The first-order chi connectivity index (χ1) is 15.7. The first-order valence-corrected chi connectivity index (χ1v) is 11.8. The van der Waals surface area contributed by atoms with Gasteiger partial charge >= 0.3 is 0 Å². The molecule has 32 heavy (non-hydrogen) atoms. The highest BCUT2D eigenvalue weighted by atomic mass is 32.2. The van der Waals surface area contributed by atoms with Crippen molar-refractivity contribution in [3.63, 3.8) is 0 Å². The summed E-state index contributed by atoms with van der Waals surface area (Å²) in [7, 11) is 3.25. The van der Waals surface area contributed by atoms with Crippen LogP contribution in [-0.2, 0) is 4.79 Å². The second-order valence-electron chi connectivity index (χ2n) is 7.74. The molecule has 1 aromatic heterocycles. The number of hydrogen-bond acceptors (Lipinski definition) is 6. The lowest BCUT2D eigenvalue weighted by Crippen LogP contribution is -2.17. The Morgan fingerprint density at radius 3 is 2.50 bits per heavy atom. The molecule has 0 unspecified atom stereocenters. The number of hydrogen-bond donors (Lipinski definition) is 1. The summed E-state index contributed by atoms with van der Waals surface area (Å²) >= 11 is 1.42. The van der Waals surface area contributed by atoms with E-state index in [2.05, 4.69) is 20.1 Å². The highest BCUT2D eigenvalue weighted by Crippen LogP contribution is 2.38. The molecule has 0 saturated heterocycles.